The Bertz CT molecular complexity index is 498. The molecular weight excluding hydrogens is 282 g/mol. The van der Waals surface area contributed by atoms with Crippen molar-refractivity contribution in [1.82, 2.24) is 5.32 Å². The molecule has 1 N–H and O–H groups in total. The molecule has 0 amide bonds. The standard InChI is InChI=1S/C17H25NO2S/c1-4-18-11-14-5-6-15(13(2)9-14)21-12-17(7-8-17)10-16(19)20-3/h5-6,9,18H,4,7-8,10-12H2,1-3H3. The van der Waals surface area contributed by atoms with Gasteiger partial charge in [-0.05, 0) is 48.9 Å². The Hall–Kier alpha value is -1.00. The van der Waals surface area contributed by atoms with Gasteiger partial charge in [0.15, 0.2) is 0 Å². The van der Waals surface area contributed by atoms with Gasteiger partial charge in [-0.2, -0.15) is 0 Å². The van der Waals surface area contributed by atoms with E-state index in [1.54, 1.807) is 0 Å². The zero-order chi connectivity index (χ0) is 15.3. The third kappa shape index (κ3) is 4.75. The Morgan fingerprint density at radius 2 is 2.19 bits per heavy atom. The van der Waals surface area contributed by atoms with Gasteiger partial charge in [-0.1, -0.05) is 19.1 Å². The predicted octanol–water partition coefficient (Wildman–Crippen LogP) is 3.54. The van der Waals surface area contributed by atoms with Crippen molar-refractivity contribution in [3.63, 3.8) is 0 Å². The lowest BCUT2D eigenvalue weighted by atomic mass is 10.1. The van der Waals surface area contributed by atoms with Crippen molar-refractivity contribution in [2.75, 3.05) is 19.4 Å². The number of rotatable bonds is 8. The van der Waals surface area contributed by atoms with Gasteiger partial charge < -0.3 is 10.1 Å². The van der Waals surface area contributed by atoms with Gasteiger partial charge in [0.2, 0.25) is 0 Å². The van der Waals surface area contributed by atoms with Gasteiger partial charge in [0.25, 0.3) is 0 Å². The minimum absolute atomic E-state index is 0.0780. The highest BCUT2D eigenvalue weighted by Crippen LogP contribution is 2.52. The highest BCUT2D eigenvalue weighted by Gasteiger charge is 2.44. The Morgan fingerprint density at radius 1 is 1.43 bits per heavy atom. The molecule has 0 heterocycles. The van der Waals surface area contributed by atoms with Gasteiger partial charge in [-0.15, -0.1) is 11.8 Å². The average Bonchev–Trinajstić information content (AvgIpc) is 3.24. The zero-order valence-electron chi connectivity index (χ0n) is 13.2. The molecule has 0 spiro atoms. The molecule has 21 heavy (non-hydrogen) atoms. The van der Waals surface area contributed by atoms with Gasteiger partial charge in [0, 0.05) is 17.2 Å². The first-order valence-corrected chi connectivity index (χ1v) is 8.57. The fraction of sp³-hybridized carbons (Fsp3) is 0.588. The summed E-state index contributed by atoms with van der Waals surface area (Å²) in [5.74, 6) is 0.931. The van der Waals surface area contributed by atoms with Crippen LogP contribution in [0.25, 0.3) is 0 Å². The molecule has 0 aromatic heterocycles. The summed E-state index contributed by atoms with van der Waals surface area (Å²) < 4.78 is 4.80. The number of hydrogen-bond acceptors (Lipinski definition) is 4. The fourth-order valence-corrected chi connectivity index (χ4v) is 3.71. The van der Waals surface area contributed by atoms with Gasteiger partial charge in [0.1, 0.15) is 0 Å². The van der Waals surface area contributed by atoms with Crippen LogP contribution in [0.3, 0.4) is 0 Å². The molecule has 1 aromatic rings. The molecule has 116 valence electrons. The number of carbonyl (C=O) groups is 1. The van der Waals surface area contributed by atoms with E-state index in [4.69, 9.17) is 4.74 Å². The first-order valence-electron chi connectivity index (χ1n) is 7.58. The van der Waals surface area contributed by atoms with Crippen LogP contribution < -0.4 is 5.32 Å². The van der Waals surface area contributed by atoms with Crippen LogP contribution in [0.5, 0.6) is 0 Å². The minimum Gasteiger partial charge on any atom is -0.469 e. The molecule has 1 fully saturated rings. The van der Waals surface area contributed by atoms with Crippen molar-refractivity contribution < 1.29 is 9.53 Å². The molecular formula is C17H25NO2S. The average molecular weight is 307 g/mol. The maximum Gasteiger partial charge on any atom is 0.306 e. The molecule has 0 atom stereocenters. The lowest BCUT2D eigenvalue weighted by Crippen LogP contribution is -2.13. The third-order valence-electron chi connectivity index (χ3n) is 4.06. The van der Waals surface area contributed by atoms with E-state index in [0.29, 0.717) is 6.42 Å². The van der Waals surface area contributed by atoms with Crippen molar-refractivity contribution >= 4 is 17.7 Å². The molecule has 2 rings (SSSR count). The molecule has 1 aliphatic rings. The number of hydrogen-bond donors (Lipinski definition) is 1. The van der Waals surface area contributed by atoms with Crippen LogP contribution in [0, 0.1) is 12.3 Å². The minimum atomic E-state index is -0.0780. The summed E-state index contributed by atoms with van der Waals surface area (Å²) in [6, 6.07) is 6.66. The highest BCUT2D eigenvalue weighted by molar-refractivity contribution is 7.99. The molecule has 0 unspecified atom stereocenters. The van der Waals surface area contributed by atoms with E-state index in [-0.39, 0.29) is 11.4 Å². The topological polar surface area (TPSA) is 38.3 Å². The predicted molar refractivity (Wildman–Crippen MR) is 87.6 cm³/mol. The van der Waals surface area contributed by atoms with Crippen molar-refractivity contribution in [2.24, 2.45) is 5.41 Å². The van der Waals surface area contributed by atoms with Gasteiger partial charge >= 0.3 is 5.97 Å². The van der Waals surface area contributed by atoms with Crippen LogP contribution >= 0.6 is 11.8 Å². The Labute approximate surface area is 131 Å². The number of ether oxygens (including phenoxy) is 1. The second-order valence-corrected chi connectivity index (χ2v) is 6.94. The number of carbonyl (C=O) groups excluding carboxylic acids is 1. The van der Waals surface area contributed by atoms with E-state index in [2.05, 4.69) is 37.4 Å². The second kappa shape index (κ2) is 7.32. The van der Waals surface area contributed by atoms with Crippen molar-refractivity contribution in [2.45, 2.75) is 44.6 Å². The number of thioether (sulfide) groups is 1. The molecule has 1 aliphatic carbocycles. The number of aryl methyl sites for hydroxylation is 1. The Morgan fingerprint density at radius 3 is 2.76 bits per heavy atom. The fourth-order valence-electron chi connectivity index (χ4n) is 2.41. The second-order valence-electron chi connectivity index (χ2n) is 5.92. The molecule has 0 saturated heterocycles. The van der Waals surface area contributed by atoms with E-state index >= 15 is 0 Å². The first-order chi connectivity index (χ1) is 10.1. The summed E-state index contributed by atoms with van der Waals surface area (Å²) in [6.07, 6.45) is 2.85. The zero-order valence-corrected chi connectivity index (χ0v) is 14.0. The normalized spacial score (nSPS) is 15.8. The van der Waals surface area contributed by atoms with Crippen molar-refractivity contribution in [3.05, 3.63) is 29.3 Å². The summed E-state index contributed by atoms with van der Waals surface area (Å²) >= 11 is 1.87. The van der Waals surface area contributed by atoms with Crippen LogP contribution in [0.1, 0.15) is 37.3 Å². The van der Waals surface area contributed by atoms with Crippen LogP contribution in [-0.4, -0.2) is 25.4 Å². The molecule has 4 heteroatoms. The largest absolute Gasteiger partial charge is 0.469 e. The van der Waals surface area contributed by atoms with Crippen molar-refractivity contribution in [3.8, 4) is 0 Å². The first kappa shape index (κ1) is 16.4. The monoisotopic (exact) mass is 307 g/mol. The molecule has 0 aliphatic heterocycles. The number of benzene rings is 1. The molecule has 0 bridgehead atoms. The molecule has 0 radical (unpaired) electrons. The van der Waals surface area contributed by atoms with Gasteiger partial charge in [0.05, 0.1) is 13.5 Å². The number of nitrogens with one attached hydrogen (secondary N) is 1. The maximum atomic E-state index is 11.5. The molecule has 1 aromatic carbocycles. The lowest BCUT2D eigenvalue weighted by Gasteiger charge is -2.14. The van der Waals surface area contributed by atoms with Gasteiger partial charge in [-0.25, -0.2) is 0 Å². The van der Waals surface area contributed by atoms with Crippen LogP contribution in [0.2, 0.25) is 0 Å². The van der Waals surface area contributed by atoms with E-state index in [0.717, 1.165) is 31.7 Å². The smallest absolute Gasteiger partial charge is 0.306 e. The number of esters is 1. The number of methoxy groups -OCH3 is 1. The van der Waals surface area contributed by atoms with E-state index in [1.807, 2.05) is 11.8 Å². The lowest BCUT2D eigenvalue weighted by molar-refractivity contribution is -0.141. The highest BCUT2D eigenvalue weighted by atomic mass is 32.2. The summed E-state index contributed by atoms with van der Waals surface area (Å²) in [5, 5.41) is 3.35. The van der Waals surface area contributed by atoms with E-state index in [1.165, 1.54) is 23.1 Å². The van der Waals surface area contributed by atoms with Crippen molar-refractivity contribution in [1.29, 1.82) is 0 Å². The Kier molecular flexibility index (Phi) is 5.71. The van der Waals surface area contributed by atoms with Crippen LogP contribution in [0.15, 0.2) is 23.1 Å². The van der Waals surface area contributed by atoms with E-state index < -0.39 is 0 Å². The summed E-state index contributed by atoms with van der Waals surface area (Å²) in [4.78, 5) is 12.8. The summed E-state index contributed by atoms with van der Waals surface area (Å²) in [5.41, 5.74) is 2.84. The van der Waals surface area contributed by atoms with Crippen LogP contribution in [0.4, 0.5) is 0 Å². The maximum absolute atomic E-state index is 11.5. The SMILES string of the molecule is CCNCc1ccc(SCC2(CC(=O)OC)CC2)c(C)c1. The Balaban J connectivity index is 1.90. The van der Waals surface area contributed by atoms with E-state index in [9.17, 15) is 4.79 Å². The van der Waals surface area contributed by atoms with Gasteiger partial charge in [-0.3, -0.25) is 4.79 Å². The molecule has 3 nitrogen and oxygen atoms in total. The molecule has 1 saturated carbocycles. The quantitative estimate of drug-likeness (QED) is 0.589. The van der Waals surface area contributed by atoms with Crippen LogP contribution in [-0.2, 0) is 16.1 Å². The third-order valence-corrected chi connectivity index (χ3v) is 5.58. The summed E-state index contributed by atoms with van der Waals surface area (Å²) in [7, 11) is 1.47. The summed E-state index contributed by atoms with van der Waals surface area (Å²) in [6.45, 7) is 6.20.